The van der Waals surface area contributed by atoms with Crippen LogP contribution in [0.4, 0.5) is 5.69 Å². The highest BCUT2D eigenvalue weighted by Crippen LogP contribution is 2.48. The lowest BCUT2D eigenvalue weighted by atomic mass is 9.75. The number of amides is 1. The van der Waals surface area contributed by atoms with Gasteiger partial charge in [-0.2, -0.15) is 0 Å². The molecule has 4 rings (SSSR count). The summed E-state index contributed by atoms with van der Waals surface area (Å²) in [6.45, 7) is 8.71. The number of carbonyl (C=O) groups excluding carboxylic acids is 1. The standard InChI is InChI=1S/C25H31NO2/c1-4-6-19(3)24(27)26-17-25(11-13-28-14-12-25)22-16-21(9-10-23(22)26)20-8-5-7-18(2)15-20/h5,7-10,15-16,19H,4,6,11-14,17H2,1-3H3/t19-/m0/s1. The van der Waals surface area contributed by atoms with E-state index in [9.17, 15) is 4.79 Å². The molecular weight excluding hydrogens is 346 g/mol. The first-order valence-electron chi connectivity index (χ1n) is 10.6. The predicted octanol–water partition coefficient (Wildman–Crippen LogP) is 5.49. The summed E-state index contributed by atoms with van der Waals surface area (Å²) >= 11 is 0. The minimum Gasteiger partial charge on any atom is -0.381 e. The van der Waals surface area contributed by atoms with Crippen molar-refractivity contribution >= 4 is 11.6 Å². The number of aryl methyl sites for hydroxylation is 1. The Labute approximate surface area is 168 Å². The maximum absolute atomic E-state index is 13.2. The number of rotatable bonds is 4. The van der Waals surface area contributed by atoms with Crippen LogP contribution < -0.4 is 4.90 Å². The molecule has 3 nitrogen and oxygen atoms in total. The van der Waals surface area contributed by atoms with Crippen molar-refractivity contribution in [1.29, 1.82) is 0 Å². The van der Waals surface area contributed by atoms with E-state index in [0.717, 1.165) is 51.1 Å². The molecule has 1 fully saturated rings. The number of fused-ring (bicyclic) bond motifs is 2. The topological polar surface area (TPSA) is 29.5 Å². The Morgan fingerprint density at radius 1 is 1.14 bits per heavy atom. The van der Waals surface area contributed by atoms with Crippen LogP contribution in [0.15, 0.2) is 42.5 Å². The van der Waals surface area contributed by atoms with Crippen molar-refractivity contribution < 1.29 is 9.53 Å². The third-order valence-electron chi connectivity index (χ3n) is 6.53. The smallest absolute Gasteiger partial charge is 0.229 e. The largest absolute Gasteiger partial charge is 0.381 e. The van der Waals surface area contributed by atoms with Gasteiger partial charge in [-0.25, -0.2) is 0 Å². The molecule has 1 atom stereocenters. The number of nitrogens with zero attached hydrogens (tertiary/aromatic N) is 1. The summed E-state index contributed by atoms with van der Waals surface area (Å²) in [4.78, 5) is 15.3. The van der Waals surface area contributed by atoms with Gasteiger partial charge in [-0.3, -0.25) is 4.79 Å². The normalized spacial score (nSPS) is 18.9. The van der Waals surface area contributed by atoms with Gasteiger partial charge in [0.15, 0.2) is 0 Å². The quantitative estimate of drug-likeness (QED) is 0.705. The Bertz CT molecular complexity index is 867. The average molecular weight is 378 g/mol. The fourth-order valence-electron chi connectivity index (χ4n) is 4.88. The van der Waals surface area contributed by atoms with E-state index in [1.807, 2.05) is 0 Å². The minimum absolute atomic E-state index is 0.0367. The zero-order valence-corrected chi connectivity index (χ0v) is 17.3. The maximum Gasteiger partial charge on any atom is 0.229 e. The third kappa shape index (κ3) is 3.37. The molecule has 3 heteroatoms. The molecule has 148 valence electrons. The van der Waals surface area contributed by atoms with E-state index >= 15 is 0 Å². The summed E-state index contributed by atoms with van der Waals surface area (Å²) in [7, 11) is 0. The molecule has 0 radical (unpaired) electrons. The van der Waals surface area contributed by atoms with Crippen molar-refractivity contribution in [2.45, 2.75) is 51.9 Å². The fourth-order valence-corrected chi connectivity index (χ4v) is 4.88. The van der Waals surface area contributed by atoms with Crippen LogP contribution in [0.3, 0.4) is 0 Å². The monoisotopic (exact) mass is 377 g/mol. The highest BCUT2D eigenvalue weighted by atomic mass is 16.5. The van der Waals surface area contributed by atoms with Crippen molar-refractivity contribution in [2.24, 2.45) is 5.92 Å². The van der Waals surface area contributed by atoms with Crippen LogP contribution in [0.5, 0.6) is 0 Å². The minimum atomic E-state index is 0.0367. The molecule has 0 unspecified atom stereocenters. The van der Waals surface area contributed by atoms with Gasteiger partial charge in [0.25, 0.3) is 0 Å². The van der Waals surface area contributed by atoms with Crippen LogP contribution in [-0.2, 0) is 14.9 Å². The van der Waals surface area contributed by atoms with Crippen molar-refractivity contribution in [3.8, 4) is 11.1 Å². The first kappa shape index (κ1) is 19.2. The van der Waals surface area contributed by atoms with Gasteiger partial charge in [-0.15, -0.1) is 0 Å². The maximum atomic E-state index is 13.2. The highest BCUT2D eigenvalue weighted by molar-refractivity contribution is 5.98. The second-order valence-electron chi connectivity index (χ2n) is 8.61. The molecule has 2 aromatic rings. The van der Waals surface area contributed by atoms with Gasteiger partial charge in [-0.05, 0) is 55.0 Å². The Hall–Kier alpha value is -2.13. The van der Waals surface area contributed by atoms with Gasteiger partial charge < -0.3 is 9.64 Å². The first-order chi connectivity index (χ1) is 13.5. The van der Waals surface area contributed by atoms with E-state index in [1.165, 1.54) is 22.3 Å². The lowest BCUT2D eigenvalue weighted by molar-refractivity contribution is -0.122. The predicted molar refractivity (Wildman–Crippen MR) is 115 cm³/mol. The van der Waals surface area contributed by atoms with Gasteiger partial charge in [-0.1, -0.05) is 56.2 Å². The summed E-state index contributed by atoms with van der Waals surface area (Å²) in [6, 6.07) is 15.3. The van der Waals surface area contributed by atoms with Crippen LogP contribution in [0.2, 0.25) is 0 Å². The van der Waals surface area contributed by atoms with Crippen molar-refractivity contribution in [3.05, 3.63) is 53.6 Å². The number of anilines is 1. The van der Waals surface area contributed by atoms with Gasteiger partial charge in [0.05, 0.1) is 0 Å². The second kappa shape index (κ2) is 7.71. The van der Waals surface area contributed by atoms with Crippen LogP contribution in [0.1, 0.15) is 50.7 Å². The van der Waals surface area contributed by atoms with E-state index in [-0.39, 0.29) is 17.2 Å². The average Bonchev–Trinajstić information content (AvgIpc) is 3.01. The molecule has 2 aliphatic rings. The van der Waals surface area contributed by atoms with Gasteiger partial charge in [0.1, 0.15) is 0 Å². The second-order valence-corrected chi connectivity index (χ2v) is 8.61. The summed E-state index contributed by atoms with van der Waals surface area (Å²) in [5.41, 5.74) is 6.25. The molecule has 2 aliphatic heterocycles. The van der Waals surface area contributed by atoms with Crippen LogP contribution in [0.25, 0.3) is 11.1 Å². The molecule has 1 spiro atoms. The molecule has 1 amide bonds. The third-order valence-corrected chi connectivity index (χ3v) is 6.53. The molecule has 0 bridgehead atoms. The fraction of sp³-hybridized carbons (Fsp3) is 0.480. The summed E-state index contributed by atoms with van der Waals surface area (Å²) in [5.74, 6) is 0.346. The Kier molecular flexibility index (Phi) is 5.29. The molecule has 2 heterocycles. The van der Waals surface area contributed by atoms with Crippen molar-refractivity contribution in [3.63, 3.8) is 0 Å². The molecule has 0 aromatic heterocycles. The van der Waals surface area contributed by atoms with Gasteiger partial charge >= 0.3 is 0 Å². The summed E-state index contributed by atoms with van der Waals surface area (Å²) in [6.07, 6.45) is 3.97. The van der Waals surface area contributed by atoms with E-state index < -0.39 is 0 Å². The number of hydrogen-bond acceptors (Lipinski definition) is 2. The zero-order valence-electron chi connectivity index (χ0n) is 17.3. The number of carbonyl (C=O) groups is 1. The highest BCUT2D eigenvalue weighted by Gasteiger charge is 2.46. The van der Waals surface area contributed by atoms with Crippen LogP contribution in [-0.4, -0.2) is 25.7 Å². The zero-order chi connectivity index (χ0) is 19.7. The van der Waals surface area contributed by atoms with E-state index in [0.29, 0.717) is 0 Å². The molecular formula is C25H31NO2. The van der Waals surface area contributed by atoms with Crippen molar-refractivity contribution in [2.75, 3.05) is 24.7 Å². The number of ether oxygens (including phenoxy) is 1. The summed E-state index contributed by atoms with van der Waals surface area (Å²) < 4.78 is 5.68. The van der Waals surface area contributed by atoms with Crippen LogP contribution >= 0.6 is 0 Å². The molecule has 0 N–H and O–H groups in total. The van der Waals surface area contributed by atoms with E-state index in [1.54, 1.807) is 0 Å². The number of hydrogen-bond donors (Lipinski definition) is 0. The van der Waals surface area contributed by atoms with Gasteiger partial charge in [0.2, 0.25) is 5.91 Å². The lowest BCUT2D eigenvalue weighted by Gasteiger charge is -2.34. The number of benzene rings is 2. The molecule has 28 heavy (non-hydrogen) atoms. The molecule has 2 aromatic carbocycles. The van der Waals surface area contributed by atoms with Crippen molar-refractivity contribution in [1.82, 2.24) is 0 Å². The molecule has 1 saturated heterocycles. The Balaban J connectivity index is 1.76. The van der Waals surface area contributed by atoms with Crippen LogP contribution in [0, 0.1) is 12.8 Å². The molecule has 0 aliphatic carbocycles. The first-order valence-corrected chi connectivity index (χ1v) is 10.6. The summed E-state index contributed by atoms with van der Waals surface area (Å²) in [5, 5.41) is 0. The van der Waals surface area contributed by atoms with E-state index in [4.69, 9.17) is 4.74 Å². The SMILES string of the molecule is CCC[C@H](C)C(=O)N1CC2(CCOCC2)c2cc(-c3cccc(C)c3)ccc21. The molecule has 0 saturated carbocycles. The van der Waals surface area contributed by atoms with E-state index in [2.05, 4.69) is 68.1 Å². The Morgan fingerprint density at radius 3 is 2.61 bits per heavy atom. The Morgan fingerprint density at radius 2 is 1.89 bits per heavy atom. The lowest BCUT2D eigenvalue weighted by Crippen LogP contribution is -2.42. The van der Waals surface area contributed by atoms with Gasteiger partial charge in [0, 0.05) is 36.8 Å².